The van der Waals surface area contributed by atoms with Gasteiger partial charge in [0.2, 0.25) is 11.8 Å². The van der Waals surface area contributed by atoms with Gasteiger partial charge in [-0.15, -0.1) is 11.8 Å². The highest BCUT2D eigenvalue weighted by atomic mass is 32.2. The van der Waals surface area contributed by atoms with Crippen molar-refractivity contribution >= 4 is 23.6 Å². The van der Waals surface area contributed by atoms with Crippen LogP contribution in [0.1, 0.15) is 18.9 Å². The van der Waals surface area contributed by atoms with E-state index in [-0.39, 0.29) is 30.4 Å². The Morgan fingerprint density at radius 3 is 2.81 bits per heavy atom. The summed E-state index contributed by atoms with van der Waals surface area (Å²) in [6.07, 6.45) is 1.83. The Labute approximate surface area is 129 Å². The fourth-order valence-corrected chi connectivity index (χ4v) is 4.12. The van der Waals surface area contributed by atoms with Gasteiger partial charge in [0, 0.05) is 11.8 Å². The first kappa shape index (κ1) is 14.4. The molecule has 2 amide bonds. The molecule has 0 spiro atoms. The zero-order valence-corrected chi connectivity index (χ0v) is 13.0. The quantitative estimate of drug-likeness (QED) is 0.851. The Hall–Kier alpha value is -1.49. The summed E-state index contributed by atoms with van der Waals surface area (Å²) in [6.45, 7) is 2.29. The van der Waals surface area contributed by atoms with Crippen LogP contribution in [0.3, 0.4) is 0 Å². The molecule has 0 bridgehead atoms. The van der Waals surface area contributed by atoms with Crippen molar-refractivity contribution in [3.05, 3.63) is 35.9 Å². The maximum atomic E-state index is 12.5. The summed E-state index contributed by atoms with van der Waals surface area (Å²) in [4.78, 5) is 28.2. The largest absolute Gasteiger partial charge is 0.329 e. The Kier molecular flexibility index (Phi) is 4.19. The molecule has 1 aromatic carbocycles. The molecular weight excluding hydrogens is 284 g/mol. The van der Waals surface area contributed by atoms with Crippen LogP contribution < -0.4 is 0 Å². The third kappa shape index (κ3) is 2.93. The van der Waals surface area contributed by atoms with Gasteiger partial charge in [-0.2, -0.15) is 0 Å². The molecule has 0 aromatic heterocycles. The summed E-state index contributed by atoms with van der Waals surface area (Å²) in [7, 11) is 0. The number of carbonyl (C=O) groups is 2. The second-order valence-corrected chi connectivity index (χ2v) is 6.72. The van der Waals surface area contributed by atoms with Crippen LogP contribution in [0.2, 0.25) is 0 Å². The van der Waals surface area contributed by atoms with E-state index in [0.717, 1.165) is 18.6 Å². The molecule has 2 saturated heterocycles. The van der Waals surface area contributed by atoms with Crippen LogP contribution in [0.25, 0.3) is 0 Å². The number of nitrogens with zero attached hydrogens (tertiary/aromatic N) is 2. The SMILES string of the molecule is CC(CCc1ccccc1)N1CC(=O)N2CSC[C@H]2C1=O. The van der Waals surface area contributed by atoms with Crippen molar-refractivity contribution < 1.29 is 9.59 Å². The summed E-state index contributed by atoms with van der Waals surface area (Å²) in [5.41, 5.74) is 1.28. The molecule has 2 heterocycles. The molecule has 5 heteroatoms. The number of thioether (sulfide) groups is 1. The molecule has 1 unspecified atom stereocenters. The van der Waals surface area contributed by atoms with E-state index >= 15 is 0 Å². The van der Waals surface area contributed by atoms with E-state index in [1.54, 1.807) is 21.6 Å². The van der Waals surface area contributed by atoms with Gasteiger partial charge in [-0.3, -0.25) is 9.59 Å². The van der Waals surface area contributed by atoms with E-state index in [1.165, 1.54) is 5.56 Å². The molecule has 2 aliphatic heterocycles. The van der Waals surface area contributed by atoms with Gasteiger partial charge in [0.15, 0.2) is 0 Å². The molecule has 3 rings (SSSR count). The van der Waals surface area contributed by atoms with Crippen LogP contribution in [-0.4, -0.2) is 51.9 Å². The molecule has 0 saturated carbocycles. The average molecular weight is 304 g/mol. The highest BCUT2D eigenvalue weighted by Gasteiger charge is 2.43. The minimum Gasteiger partial charge on any atom is -0.329 e. The molecule has 21 heavy (non-hydrogen) atoms. The summed E-state index contributed by atoms with van der Waals surface area (Å²) in [5.74, 6) is 1.63. The summed E-state index contributed by atoms with van der Waals surface area (Å²) < 4.78 is 0. The van der Waals surface area contributed by atoms with Gasteiger partial charge in [-0.1, -0.05) is 30.3 Å². The van der Waals surface area contributed by atoms with E-state index < -0.39 is 0 Å². The van der Waals surface area contributed by atoms with Crippen molar-refractivity contribution in [3.8, 4) is 0 Å². The van der Waals surface area contributed by atoms with E-state index in [2.05, 4.69) is 12.1 Å². The predicted molar refractivity (Wildman–Crippen MR) is 83.9 cm³/mol. The average Bonchev–Trinajstić information content (AvgIpc) is 3.00. The van der Waals surface area contributed by atoms with Gasteiger partial charge in [-0.05, 0) is 25.3 Å². The summed E-state index contributed by atoms with van der Waals surface area (Å²) >= 11 is 1.67. The molecule has 4 nitrogen and oxygen atoms in total. The Bertz CT molecular complexity index is 534. The third-order valence-electron chi connectivity index (χ3n) is 4.30. The Balaban J connectivity index is 1.63. The first-order chi connectivity index (χ1) is 10.2. The summed E-state index contributed by atoms with van der Waals surface area (Å²) in [5, 5.41) is 0. The number of hydrogen-bond donors (Lipinski definition) is 0. The first-order valence-corrected chi connectivity index (χ1v) is 8.54. The zero-order valence-electron chi connectivity index (χ0n) is 12.2. The van der Waals surface area contributed by atoms with E-state index in [4.69, 9.17) is 0 Å². The van der Waals surface area contributed by atoms with Crippen molar-refractivity contribution in [3.63, 3.8) is 0 Å². The van der Waals surface area contributed by atoms with Gasteiger partial charge in [0.25, 0.3) is 0 Å². The molecule has 0 N–H and O–H groups in total. The van der Waals surface area contributed by atoms with E-state index in [9.17, 15) is 9.59 Å². The molecular formula is C16H20N2O2S. The van der Waals surface area contributed by atoms with Gasteiger partial charge >= 0.3 is 0 Å². The minimum atomic E-state index is -0.226. The molecule has 2 atom stereocenters. The van der Waals surface area contributed by atoms with Crippen LogP contribution in [0.5, 0.6) is 0 Å². The third-order valence-corrected chi connectivity index (χ3v) is 5.31. The lowest BCUT2D eigenvalue weighted by atomic mass is 10.0. The Morgan fingerprint density at radius 1 is 1.29 bits per heavy atom. The van der Waals surface area contributed by atoms with Crippen molar-refractivity contribution in [2.45, 2.75) is 31.8 Å². The molecule has 2 aliphatic rings. The number of amides is 2. The van der Waals surface area contributed by atoms with E-state index in [1.807, 2.05) is 25.1 Å². The van der Waals surface area contributed by atoms with Crippen molar-refractivity contribution in [1.82, 2.24) is 9.80 Å². The molecule has 2 fully saturated rings. The van der Waals surface area contributed by atoms with Crippen molar-refractivity contribution in [1.29, 1.82) is 0 Å². The number of piperazine rings is 1. The molecule has 1 aromatic rings. The molecule has 0 radical (unpaired) electrons. The number of rotatable bonds is 4. The highest BCUT2D eigenvalue weighted by Crippen LogP contribution is 2.27. The number of benzene rings is 1. The monoisotopic (exact) mass is 304 g/mol. The van der Waals surface area contributed by atoms with Crippen LogP contribution in [0.4, 0.5) is 0 Å². The van der Waals surface area contributed by atoms with Crippen LogP contribution >= 0.6 is 11.8 Å². The van der Waals surface area contributed by atoms with Crippen LogP contribution in [0.15, 0.2) is 30.3 Å². The number of aryl methyl sites for hydroxylation is 1. The van der Waals surface area contributed by atoms with Gasteiger partial charge in [0.1, 0.15) is 12.6 Å². The minimum absolute atomic E-state index is 0.0937. The van der Waals surface area contributed by atoms with Crippen molar-refractivity contribution in [2.75, 3.05) is 18.2 Å². The predicted octanol–water partition coefficient (Wildman–Crippen LogP) is 1.75. The second-order valence-electron chi connectivity index (χ2n) is 5.72. The lowest BCUT2D eigenvalue weighted by molar-refractivity contribution is -0.155. The van der Waals surface area contributed by atoms with Crippen LogP contribution in [0, 0.1) is 0 Å². The van der Waals surface area contributed by atoms with E-state index in [0.29, 0.717) is 5.88 Å². The van der Waals surface area contributed by atoms with Gasteiger partial charge in [-0.25, -0.2) is 0 Å². The maximum absolute atomic E-state index is 12.5. The normalized spacial score (nSPS) is 23.4. The summed E-state index contributed by atoms with van der Waals surface area (Å²) in [6, 6.07) is 10.2. The smallest absolute Gasteiger partial charge is 0.246 e. The highest BCUT2D eigenvalue weighted by molar-refractivity contribution is 7.99. The number of fused-ring (bicyclic) bond motifs is 1. The standard InChI is InChI=1S/C16H20N2O2S/c1-12(7-8-13-5-3-2-4-6-13)17-9-15(19)18-11-21-10-14(18)16(17)20/h2-6,12,14H,7-11H2,1H3/t12?,14-/m0/s1. The fraction of sp³-hybridized carbons (Fsp3) is 0.500. The van der Waals surface area contributed by atoms with Crippen LogP contribution in [-0.2, 0) is 16.0 Å². The van der Waals surface area contributed by atoms with Gasteiger partial charge < -0.3 is 9.80 Å². The molecule has 0 aliphatic carbocycles. The maximum Gasteiger partial charge on any atom is 0.246 e. The first-order valence-electron chi connectivity index (χ1n) is 7.38. The zero-order chi connectivity index (χ0) is 14.8. The fourth-order valence-electron chi connectivity index (χ4n) is 2.95. The number of carbonyl (C=O) groups excluding carboxylic acids is 2. The lowest BCUT2D eigenvalue weighted by Gasteiger charge is -2.39. The number of hydrogen-bond acceptors (Lipinski definition) is 3. The topological polar surface area (TPSA) is 40.6 Å². The Morgan fingerprint density at radius 2 is 2.05 bits per heavy atom. The lowest BCUT2D eigenvalue weighted by Crippen LogP contribution is -2.60. The molecule has 112 valence electrons. The van der Waals surface area contributed by atoms with Crippen molar-refractivity contribution in [2.24, 2.45) is 0 Å². The van der Waals surface area contributed by atoms with Gasteiger partial charge in [0.05, 0.1) is 5.88 Å². The second kappa shape index (κ2) is 6.10.